The second kappa shape index (κ2) is 2.49. The van der Waals surface area contributed by atoms with Gasteiger partial charge >= 0.3 is 0 Å². The predicted octanol–water partition coefficient (Wildman–Crippen LogP) is -0.110. The molecule has 0 aliphatic carbocycles. The highest BCUT2D eigenvalue weighted by Gasteiger charge is 2.38. The van der Waals surface area contributed by atoms with Crippen LogP contribution in [0.15, 0.2) is 0 Å². The van der Waals surface area contributed by atoms with Crippen LogP contribution in [0.4, 0.5) is 0 Å². The molecule has 2 fully saturated rings. The Bertz CT molecular complexity index is 129. The van der Waals surface area contributed by atoms with E-state index in [0.717, 1.165) is 19.6 Å². The van der Waals surface area contributed by atoms with E-state index in [-0.39, 0.29) is 6.61 Å². The molecule has 2 unspecified atom stereocenters. The molecular weight excluding hydrogens is 130 g/mol. The molecule has 1 radical (unpaired) electrons. The van der Waals surface area contributed by atoms with Crippen molar-refractivity contribution in [1.82, 2.24) is 4.90 Å². The molecular formula is C7H12NO2. The van der Waals surface area contributed by atoms with Crippen molar-refractivity contribution in [2.24, 2.45) is 0 Å². The molecule has 0 aromatic rings. The van der Waals surface area contributed by atoms with Gasteiger partial charge in [0.05, 0.1) is 19.3 Å². The van der Waals surface area contributed by atoms with Crippen LogP contribution >= 0.6 is 0 Å². The first-order valence-electron chi connectivity index (χ1n) is 3.84. The molecule has 10 heavy (non-hydrogen) atoms. The smallest absolute Gasteiger partial charge is 0.0949 e. The molecule has 2 heterocycles. The average Bonchev–Trinajstić information content (AvgIpc) is 2.48. The van der Waals surface area contributed by atoms with Gasteiger partial charge in [0.15, 0.2) is 0 Å². The van der Waals surface area contributed by atoms with Crippen molar-refractivity contribution < 1.29 is 9.84 Å². The number of nitrogens with zero attached hydrogens (tertiary/aromatic N) is 1. The number of hydrogen-bond donors (Lipinski definition) is 0. The zero-order valence-electron chi connectivity index (χ0n) is 5.95. The Hall–Kier alpha value is -0.120. The molecule has 3 nitrogen and oxygen atoms in total. The number of likely N-dealkylation sites (tertiary alicyclic amines) is 1. The predicted molar refractivity (Wildman–Crippen MR) is 35.3 cm³/mol. The Labute approximate surface area is 60.6 Å². The van der Waals surface area contributed by atoms with Crippen molar-refractivity contribution >= 4 is 0 Å². The summed E-state index contributed by atoms with van der Waals surface area (Å²) in [6.07, 6.45) is 1.59. The van der Waals surface area contributed by atoms with Gasteiger partial charge in [0.2, 0.25) is 0 Å². The molecule has 2 bridgehead atoms. The van der Waals surface area contributed by atoms with Crippen molar-refractivity contribution in [3.05, 3.63) is 0 Å². The maximum Gasteiger partial charge on any atom is 0.0949 e. The first-order valence-corrected chi connectivity index (χ1v) is 3.84. The molecule has 0 saturated carbocycles. The van der Waals surface area contributed by atoms with Gasteiger partial charge < -0.3 is 4.74 Å². The van der Waals surface area contributed by atoms with E-state index in [0.29, 0.717) is 18.7 Å². The summed E-state index contributed by atoms with van der Waals surface area (Å²) in [5, 5.41) is 10.3. The summed E-state index contributed by atoms with van der Waals surface area (Å²) >= 11 is 0. The van der Waals surface area contributed by atoms with Crippen LogP contribution in [0.1, 0.15) is 6.42 Å². The molecule has 0 N–H and O–H groups in total. The van der Waals surface area contributed by atoms with Crippen LogP contribution in [0, 0.1) is 0 Å². The number of fused-ring (bicyclic) bond motifs is 2. The Morgan fingerprint density at radius 1 is 1.60 bits per heavy atom. The Morgan fingerprint density at radius 2 is 2.50 bits per heavy atom. The van der Waals surface area contributed by atoms with Gasteiger partial charge in [0.25, 0.3) is 0 Å². The van der Waals surface area contributed by atoms with E-state index >= 15 is 0 Å². The summed E-state index contributed by atoms with van der Waals surface area (Å²) in [6, 6.07) is 0.568. The van der Waals surface area contributed by atoms with E-state index in [4.69, 9.17) is 4.74 Å². The monoisotopic (exact) mass is 142 g/mol. The fraction of sp³-hybridized carbons (Fsp3) is 1.00. The molecule has 2 aliphatic heterocycles. The summed E-state index contributed by atoms with van der Waals surface area (Å²) in [6.45, 7) is 2.59. The summed E-state index contributed by atoms with van der Waals surface area (Å²) in [5.74, 6) is 0. The Balaban J connectivity index is 1.90. The molecule has 0 aromatic heterocycles. The second-order valence-corrected chi connectivity index (χ2v) is 3.04. The van der Waals surface area contributed by atoms with E-state index < -0.39 is 0 Å². The molecule has 0 spiro atoms. The number of rotatable bonds is 2. The zero-order chi connectivity index (χ0) is 6.97. The van der Waals surface area contributed by atoms with Crippen molar-refractivity contribution in [3.63, 3.8) is 0 Å². The van der Waals surface area contributed by atoms with Crippen LogP contribution in [0.2, 0.25) is 0 Å². The summed E-state index contributed by atoms with van der Waals surface area (Å²) < 4.78 is 5.38. The highest BCUT2D eigenvalue weighted by atomic mass is 16.5. The highest BCUT2D eigenvalue weighted by molar-refractivity contribution is 4.90. The van der Waals surface area contributed by atoms with Crippen LogP contribution in [0.25, 0.3) is 0 Å². The lowest BCUT2D eigenvalue weighted by Crippen LogP contribution is -2.38. The maximum atomic E-state index is 10.3. The van der Waals surface area contributed by atoms with Crippen LogP contribution < -0.4 is 0 Å². The SMILES string of the molecule is [O]CCN1CC2CC1CO2. The van der Waals surface area contributed by atoms with E-state index in [1.807, 2.05) is 0 Å². The fourth-order valence-corrected chi connectivity index (χ4v) is 1.87. The topological polar surface area (TPSA) is 32.4 Å². The number of ether oxygens (including phenoxy) is 1. The van der Waals surface area contributed by atoms with Crippen molar-refractivity contribution in [2.75, 3.05) is 26.3 Å². The number of morpholine rings is 1. The fourth-order valence-electron chi connectivity index (χ4n) is 1.87. The van der Waals surface area contributed by atoms with E-state index in [1.165, 1.54) is 0 Å². The summed E-state index contributed by atoms with van der Waals surface area (Å²) in [7, 11) is 0. The van der Waals surface area contributed by atoms with Gasteiger partial charge in [-0.05, 0) is 6.42 Å². The molecule has 2 aliphatic rings. The first kappa shape index (κ1) is 6.58. The minimum atomic E-state index is 0.0310. The second-order valence-electron chi connectivity index (χ2n) is 3.04. The molecule has 2 rings (SSSR count). The van der Waals surface area contributed by atoms with Crippen molar-refractivity contribution in [1.29, 1.82) is 0 Å². The quantitative estimate of drug-likeness (QED) is 0.539. The van der Waals surface area contributed by atoms with Crippen molar-refractivity contribution in [3.8, 4) is 0 Å². The van der Waals surface area contributed by atoms with E-state index in [1.54, 1.807) is 0 Å². The molecule has 2 saturated heterocycles. The van der Waals surface area contributed by atoms with Crippen LogP contribution in [0.3, 0.4) is 0 Å². The lowest BCUT2D eigenvalue weighted by molar-refractivity contribution is 0.0189. The molecule has 0 aromatic carbocycles. The van der Waals surface area contributed by atoms with Gasteiger partial charge in [-0.2, -0.15) is 0 Å². The minimum Gasteiger partial charge on any atom is -0.375 e. The van der Waals surface area contributed by atoms with Gasteiger partial charge in [-0.25, -0.2) is 5.11 Å². The van der Waals surface area contributed by atoms with Gasteiger partial charge in [-0.1, -0.05) is 0 Å². The maximum absolute atomic E-state index is 10.3. The van der Waals surface area contributed by atoms with E-state index in [9.17, 15) is 5.11 Å². The molecule has 57 valence electrons. The van der Waals surface area contributed by atoms with Crippen LogP contribution in [-0.4, -0.2) is 43.3 Å². The minimum absolute atomic E-state index is 0.0310. The summed E-state index contributed by atoms with van der Waals surface area (Å²) in [4.78, 5) is 2.25. The zero-order valence-corrected chi connectivity index (χ0v) is 5.95. The third kappa shape index (κ3) is 0.944. The van der Waals surface area contributed by atoms with Gasteiger partial charge in [0.1, 0.15) is 0 Å². The number of hydrogen-bond acceptors (Lipinski definition) is 2. The molecule has 3 heteroatoms. The van der Waals surface area contributed by atoms with Gasteiger partial charge in [0, 0.05) is 19.1 Å². The average molecular weight is 142 g/mol. The lowest BCUT2D eigenvalue weighted by Gasteiger charge is -2.24. The standard InChI is InChI=1S/C7H12NO2/c9-2-1-8-4-7-3-6(8)5-10-7/h6-7H,1-5H2. The van der Waals surface area contributed by atoms with Crippen LogP contribution in [-0.2, 0) is 9.84 Å². The van der Waals surface area contributed by atoms with Crippen LogP contribution in [0.5, 0.6) is 0 Å². The molecule has 0 amide bonds. The summed E-state index contributed by atoms with van der Waals surface area (Å²) in [5.41, 5.74) is 0. The first-order chi connectivity index (χ1) is 4.90. The third-order valence-corrected chi connectivity index (χ3v) is 2.39. The normalized spacial score (nSPS) is 39.3. The van der Waals surface area contributed by atoms with Gasteiger partial charge in [-0.15, -0.1) is 0 Å². The largest absolute Gasteiger partial charge is 0.375 e. The van der Waals surface area contributed by atoms with E-state index in [2.05, 4.69) is 4.90 Å². The lowest BCUT2D eigenvalue weighted by atomic mass is 10.2. The van der Waals surface area contributed by atoms with Gasteiger partial charge in [-0.3, -0.25) is 4.90 Å². The third-order valence-electron chi connectivity index (χ3n) is 2.39. The highest BCUT2D eigenvalue weighted by Crippen LogP contribution is 2.26. The Kier molecular flexibility index (Phi) is 1.64. The molecule has 2 atom stereocenters. The Morgan fingerprint density at radius 3 is 3.00 bits per heavy atom. The van der Waals surface area contributed by atoms with Crippen molar-refractivity contribution in [2.45, 2.75) is 18.6 Å².